The number of rotatable bonds is 6. The second kappa shape index (κ2) is 6.47. The first kappa shape index (κ1) is 16.1. The van der Waals surface area contributed by atoms with Crippen molar-refractivity contribution in [3.8, 4) is 0 Å². The van der Waals surface area contributed by atoms with E-state index in [0.29, 0.717) is 6.42 Å². The van der Waals surface area contributed by atoms with E-state index in [1.807, 2.05) is 0 Å². The van der Waals surface area contributed by atoms with Crippen molar-refractivity contribution < 1.29 is 18.1 Å². The number of nitro groups is 1. The normalized spacial score (nSPS) is 12.7. The molecule has 0 heterocycles. The summed E-state index contributed by atoms with van der Waals surface area (Å²) < 4.78 is 22.0. The summed E-state index contributed by atoms with van der Waals surface area (Å²) in [7, 11) is -3.08. The number of carbonyl (C=O) groups is 1. The van der Waals surface area contributed by atoms with Crippen LogP contribution in [0, 0.1) is 10.1 Å². The van der Waals surface area contributed by atoms with Crippen molar-refractivity contribution >= 4 is 21.4 Å². The van der Waals surface area contributed by atoms with Crippen LogP contribution >= 0.6 is 0 Å². The van der Waals surface area contributed by atoms with Gasteiger partial charge in [-0.3, -0.25) is 14.9 Å². The molecule has 1 N–H and O–H groups in total. The Hall–Kier alpha value is -1.96. The summed E-state index contributed by atoms with van der Waals surface area (Å²) in [6.45, 7) is 1.68. The number of benzene rings is 1. The number of nitrogens with one attached hydrogen (secondary N) is 1. The molecule has 20 heavy (non-hydrogen) atoms. The lowest BCUT2D eigenvalue weighted by Crippen LogP contribution is -2.33. The van der Waals surface area contributed by atoms with E-state index in [0.717, 1.165) is 6.26 Å². The lowest BCUT2D eigenvalue weighted by Gasteiger charge is -2.13. The number of carbonyl (C=O) groups excluding carboxylic acids is 1. The number of nitrogens with zero attached hydrogens (tertiary/aromatic N) is 1. The number of sulfone groups is 1. The highest BCUT2D eigenvalue weighted by Crippen LogP contribution is 2.13. The molecule has 0 aliphatic heterocycles. The van der Waals surface area contributed by atoms with Gasteiger partial charge in [-0.1, -0.05) is 6.07 Å². The van der Waals surface area contributed by atoms with Crippen molar-refractivity contribution in [2.24, 2.45) is 0 Å². The van der Waals surface area contributed by atoms with Gasteiger partial charge in [-0.25, -0.2) is 8.42 Å². The molecule has 0 aliphatic carbocycles. The van der Waals surface area contributed by atoms with Gasteiger partial charge in [0.05, 0.1) is 10.7 Å². The first-order valence-electron chi connectivity index (χ1n) is 5.92. The van der Waals surface area contributed by atoms with Crippen LogP contribution in [-0.2, 0) is 9.84 Å². The Morgan fingerprint density at radius 1 is 1.45 bits per heavy atom. The van der Waals surface area contributed by atoms with E-state index in [4.69, 9.17) is 0 Å². The van der Waals surface area contributed by atoms with Crippen LogP contribution in [0.5, 0.6) is 0 Å². The molecule has 0 spiro atoms. The van der Waals surface area contributed by atoms with Gasteiger partial charge in [-0.2, -0.15) is 0 Å². The second-order valence-electron chi connectivity index (χ2n) is 4.60. The van der Waals surface area contributed by atoms with Crippen LogP contribution in [0.15, 0.2) is 24.3 Å². The highest BCUT2D eigenvalue weighted by Gasteiger charge is 2.14. The summed E-state index contributed by atoms with van der Waals surface area (Å²) in [5, 5.41) is 13.2. The SMILES string of the molecule is C[C@@H](CCS(C)(=O)=O)NC(=O)c1cccc([N+](=O)[O-])c1. The number of hydrogen-bond acceptors (Lipinski definition) is 5. The molecule has 1 aromatic carbocycles. The topological polar surface area (TPSA) is 106 Å². The van der Waals surface area contributed by atoms with Crippen molar-refractivity contribution in [3.05, 3.63) is 39.9 Å². The summed E-state index contributed by atoms with van der Waals surface area (Å²) in [4.78, 5) is 21.9. The van der Waals surface area contributed by atoms with E-state index in [2.05, 4.69) is 5.32 Å². The third kappa shape index (κ3) is 5.35. The van der Waals surface area contributed by atoms with Gasteiger partial charge in [0, 0.05) is 30.0 Å². The summed E-state index contributed by atoms with van der Waals surface area (Å²) in [6, 6.07) is 5.03. The molecule has 0 aliphatic rings. The minimum Gasteiger partial charge on any atom is -0.350 e. The molecular weight excluding hydrogens is 284 g/mol. The summed E-state index contributed by atoms with van der Waals surface area (Å²) in [5.41, 5.74) is 0.00634. The summed E-state index contributed by atoms with van der Waals surface area (Å²) >= 11 is 0. The Morgan fingerprint density at radius 2 is 2.10 bits per heavy atom. The number of amides is 1. The van der Waals surface area contributed by atoms with Crippen molar-refractivity contribution in [1.82, 2.24) is 5.32 Å². The van der Waals surface area contributed by atoms with Crippen LogP contribution < -0.4 is 5.32 Å². The molecule has 1 rings (SSSR count). The Bertz CT molecular complexity index is 612. The minimum atomic E-state index is -3.08. The Labute approximate surface area is 117 Å². The molecule has 7 nitrogen and oxygen atoms in total. The molecule has 0 radical (unpaired) electrons. The quantitative estimate of drug-likeness (QED) is 0.626. The predicted molar refractivity (Wildman–Crippen MR) is 74.4 cm³/mol. The van der Waals surface area contributed by atoms with E-state index in [9.17, 15) is 23.3 Å². The van der Waals surface area contributed by atoms with Gasteiger partial charge in [0.2, 0.25) is 0 Å². The van der Waals surface area contributed by atoms with Crippen LogP contribution in [-0.4, -0.2) is 37.3 Å². The Morgan fingerprint density at radius 3 is 2.65 bits per heavy atom. The van der Waals surface area contributed by atoms with E-state index >= 15 is 0 Å². The monoisotopic (exact) mass is 300 g/mol. The molecule has 0 saturated carbocycles. The fourth-order valence-electron chi connectivity index (χ4n) is 1.53. The Kier molecular flexibility index (Phi) is 5.20. The smallest absolute Gasteiger partial charge is 0.270 e. The van der Waals surface area contributed by atoms with Gasteiger partial charge >= 0.3 is 0 Å². The first-order valence-corrected chi connectivity index (χ1v) is 7.98. The van der Waals surface area contributed by atoms with E-state index in [1.54, 1.807) is 6.92 Å². The molecule has 0 saturated heterocycles. The molecule has 1 aromatic rings. The zero-order chi connectivity index (χ0) is 15.3. The molecule has 1 amide bonds. The third-order valence-corrected chi connectivity index (χ3v) is 3.60. The van der Waals surface area contributed by atoms with Gasteiger partial charge in [0.15, 0.2) is 0 Å². The largest absolute Gasteiger partial charge is 0.350 e. The van der Waals surface area contributed by atoms with E-state index in [1.165, 1.54) is 24.3 Å². The van der Waals surface area contributed by atoms with Crippen molar-refractivity contribution in [1.29, 1.82) is 0 Å². The summed E-state index contributed by atoms with van der Waals surface area (Å²) in [6.07, 6.45) is 1.42. The lowest BCUT2D eigenvalue weighted by molar-refractivity contribution is -0.384. The van der Waals surface area contributed by atoms with Gasteiger partial charge in [0.25, 0.3) is 11.6 Å². The lowest BCUT2D eigenvalue weighted by atomic mass is 10.1. The summed E-state index contributed by atoms with van der Waals surface area (Å²) in [5.74, 6) is -0.488. The zero-order valence-corrected chi connectivity index (χ0v) is 12.0. The van der Waals surface area contributed by atoms with Crippen molar-refractivity contribution in [3.63, 3.8) is 0 Å². The van der Waals surface area contributed by atoms with Crippen LogP contribution in [0.4, 0.5) is 5.69 Å². The average molecular weight is 300 g/mol. The maximum atomic E-state index is 11.9. The Balaban J connectivity index is 2.67. The molecular formula is C12H16N2O5S. The molecule has 0 unspecified atom stereocenters. The first-order chi connectivity index (χ1) is 9.19. The fourth-order valence-corrected chi connectivity index (χ4v) is 2.31. The van der Waals surface area contributed by atoms with Gasteiger partial charge < -0.3 is 5.32 Å². The number of hydrogen-bond donors (Lipinski definition) is 1. The molecule has 0 fully saturated rings. The van der Waals surface area contributed by atoms with Crippen molar-refractivity contribution in [2.45, 2.75) is 19.4 Å². The predicted octanol–water partition coefficient (Wildman–Crippen LogP) is 1.15. The minimum absolute atomic E-state index is 0.0244. The molecule has 0 bridgehead atoms. The van der Waals surface area contributed by atoms with Crippen molar-refractivity contribution in [2.75, 3.05) is 12.0 Å². The zero-order valence-electron chi connectivity index (χ0n) is 11.2. The number of non-ortho nitro benzene ring substituents is 1. The molecule has 1 atom stereocenters. The van der Waals surface area contributed by atoms with Crippen LogP contribution in [0.25, 0.3) is 0 Å². The third-order valence-electron chi connectivity index (χ3n) is 2.62. The number of nitro benzene ring substituents is 1. The van der Waals surface area contributed by atoms with Gasteiger partial charge in [0.1, 0.15) is 9.84 Å². The molecule has 110 valence electrons. The fraction of sp³-hybridized carbons (Fsp3) is 0.417. The highest BCUT2D eigenvalue weighted by molar-refractivity contribution is 7.90. The molecule has 0 aromatic heterocycles. The van der Waals surface area contributed by atoms with Crippen LogP contribution in [0.1, 0.15) is 23.7 Å². The van der Waals surface area contributed by atoms with E-state index < -0.39 is 20.7 Å². The van der Waals surface area contributed by atoms with Crippen LogP contribution in [0.2, 0.25) is 0 Å². The van der Waals surface area contributed by atoms with Gasteiger partial charge in [-0.05, 0) is 19.4 Å². The maximum absolute atomic E-state index is 11.9. The second-order valence-corrected chi connectivity index (χ2v) is 6.86. The van der Waals surface area contributed by atoms with Crippen LogP contribution in [0.3, 0.4) is 0 Å². The van der Waals surface area contributed by atoms with E-state index in [-0.39, 0.29) is 23.0 Å². The maximum Gasteiger partial charge on any atom is 0.270 e. The average Bonchev–Trinajstić information content (AvgIpc) is 2.35. The van der Waals surface area contributed by atoms with Gasteiger partial charge in [-0.15, -0.1) is 0 Å². The standard InChI is InChI=1S/C12H16N2O5S/c1-9(6-7-20(2,18)19)13-12(15)10-4-3-5-11(8-10)14(16)17/h3-5,8-9H,6-7H2,1-2H3,(H,13,15)/t9-/m0/s1. The highest BCUT2D eigenvalue weighted by atomic mass is 32.2. The molecule has 8 heteroatoms.